The fourth-order valence-electron chi connectivity index (χ4n) is 2.79. The molecule has 0 spiro atoms. The van der Waals surface area contributed by atoms with E-state index in [4.69, 9.17) is 0 Å². The van der Waals surface area contributed by atoms with Crippen LogP contribution in [0.25, 0.3) is 0 Å². The molecule has 17 heavy (non-hydrogen) atoms. The van der Waals surface area contributed by atoms with E-state index >= 15 is 0 Å². The summed E-state index contributed by atoms with van der Waals surface area (Å²) < 4.78 is 0. The molecule has 2 rings (SSSR count). The molecule has 1 aromatic carbocycles. The third kappa shape index (κ3) is 3.85. The summed E-state index contributed by atoms with van der Waals surface area (Å²) in [6.07, 6.45) is 7.17. The Bertz CT molecular complexity index is 339. The van der Waals surface area contributed by atoms with Crippen LogP contribution in [0.2, 0.25) is 0 Å². The number of hydrogen-bond donors (Lipinski definition) is 1. The van der Waals surface area contributed by atoms with Crippen molar-refractivity contribution in [3.05, 3.63) is 35.4 Å². The van der Waals surface area contributed by atoms with Gasteiger partial charge in [0.15, 0.2) is 0 Å². The fraction of sp³-hybridized carbons (Fsp3) is 0.625. The molecule has 1 fully saturated rings. The maximum atomic E-state index is 3.70. The Morgan fingerprint density at radius 2 is 2.00 bits per heavy atom. The van der Waals surface area contributed by atoms with Crippen LogP contribution in [0.5, 0.6) is 0 Å². The van der Waals surface area contributed by atoms with Gasteiger partial charge in [0.05, 0.1) is 0 Å². The molecule has 0 unspecified atom stereocenters. The topological polar surface area (TPSA) is 12.0 Å². The zero-order valence-corrected chi connectivity index (χ0v) is 11.2. The van der Waals surface area contributed by atoms with E-state index in [-0.39, 0.29) is 0 Å². The van der Waals surface area contributed by atoms with E-state index in [0.29, 0.717) is 6.04 Å². The Morgan fingerprint density at radius 1 is 1.24 bits per heavy atom. The van der Waals surface area contributed by atoms with Gasteiger partial charge in [0.1, 0.15) is 0 Å². The highest BCUT2D eigenvalue weighted by Crippen LogP contribution is 2.23. The van der Waals surface area contributed by atoms with Gasteiger partial charge < -0.3 is 5.32 Å². The second-order valence-electron chi connectivity index (χ2n) is 5.55. The minimum atomic E-state index is 0.483. The van der Waals surface area contributed by atoms with E-state index in [1.807, 2.05) is 0 Å². The molecule has 94 valence electrons. The summed E-state index contributed by atoms with van der Waals surface area (Å²) in [4.78, 5) is 0. The number of aryl methyl sites for hydroxylation is 1. The summed E-state index contributed by atoms with van der Waals surface area (Å²) in [5.41, 5.74) is 2.77. The highest BCUT2D eigenvalue weighted by Gasteiger charge is 2.14. The lowest BCUT2D eigenvalue weighted by atomic mass is 9.89. The summed E-state index contributed by atoms with van der Waals surface area (Å²) in [5.74, 6) is 0.913. The summed E-state index contributed by atoms with van der Waals surface area (Å²) in [5, 5.41) is 3.70. The number of hydrogen-bond acceptors (Lipinski definition) is 1. The Hall–Kier alpha value is -0.820. The van der Waals surface area contributed by atoms with E-state index < -0.39 is 0 Å². The smallest absolute Gasteiger partial charge is 0.0292 e. The zero-order chi connectivity index (χ0) is 12.1. The number of rotatable bonds is 4. The van der Waals surface area contributed by atoms with Crippen molar-refractivity contribution in [3.8, 4) is 0 Å². The van der Waals surface area contributed by atoms with E-state index in [0.717, 1.165) is 5.92 Å². The molecule has 0 aromatic heterocycles. The standard InChI is InChI=1S/C16H25N/c1-13-7-6-10-16(11-13)14(2)17-12-15-8-4-3-5-9-15/h6-7,10-11,14-15,17H,3-5,8-9,12H2,1-2H3/t14-/m0/s1. The monoisotopic (exact) mass is 231 g/mol. The zero-order valence-electron chi connectivity index (χ0n) is 11.2. The molecule has 0 heterocycles. The molecule has 1 heteroatoms. The Balaban J connectivity index is 1.82. The maximum Gasteiger partial charge on any atom is 0.0292 e. The van der Waals surface area contributed by atoms with Gasteiger partial charge in [0.2, 0.25) is 0 Å². The summed E-state index contributed by atoms with van der Waals surface area (Å²) in [6.45, 7) is 5.63. The first-order valence-corrected chi connectivity index (χ1v) is 7.05. The first kappa shape index (κ1) is 12.6. The minimum Gasteiger partial charge on any atom is -0.310 e. The average molecular weight is 231 g/mol. The van der Waals surface area contributed by atoms with Gasteiger partial charge in [0, 0.05) is 6.04 Å². The summed E-state index contributed by atoms with van der Waals surface area (Å²) in [6, 6.07) is 9.32. The van der Waals surface area contributed by atoms with Crippen molar-refractivity contribution in [2.24, 2.45) is 5.92 Å². The van der Waals surface area contributed by atoms with Crippen LogP contribution >= 0.6 is 0 Å². The molecule has 1 atom stereocenters. The quantitative estimate of drug-likeness (QED) is 0.818. The van der Waals surface area contributed by atoms with Crippen LogP contribution in [0, 0.1) is 12.8 Å². The van der Waals surface area contributed by atoms with Crippen molar-refractivity contribution in [2.75, 3.05) is 6.54 Å². The van der Waals surface area contributed by atoms with Crippen LogP contribution in [0.1, 0.15) is 56.2 Å². The van der Waals surface area contributed by atoms with Crippen molar-refractivity contribution in [3.63, 3.8) is 0 Å². The van der Waals surface area contributed by atoms with Crippen LogP contribution < -0.4 is 5.32 Å². The van der Waals surface area contributed by atoms with Crippen molar-refractivity contribution in [1.29, 1.82) is 0 Å². The molecule has 1 aromatic rings. The van der Waals surface area contributed by atoms with Gasteiger partial charge in [-0.05, 0) is 44.7 Å². The highest BCUT2D eigenvalue weighted by atomic mass is 14.9. The largest absolute Gasteiger partial charge is 0.310 e. The predicted molar refractivity (Wildman–Crippen MR) is 74.2 cm³/mol. The second-order valence-corrected chi connectivity index (χ2v) is 5.55. The van der Waals surface area contributed by atoms with Gasteiger partial charge in [-0.2, -0.15) is 0 Å². The van der Waals surface area contributed by atoms with Crippen LogP contribution in [0.4, 0.5) is 0 Å². The molecular formula is C16H25N. The number of nitrogens with one attached hydrogen (secondary N) is 1. The molecule has 1 saturated carbocycles. The van der Waals surface area contributed by atoms with Gasteiger partial charge in [-0.3, -0.25) is 0 Å². The average Bonchev–Trinajstić information content (AvgIpc) is 2.37. The molecule has 1 N–H and O–H groups in total. The van der Waals surface area contributed by atoms with Crippen molar-refractivity contribution >= 4 is 0 Å². The number of benzene rings is 1. The first-order chi connectivity index (χ1) is 8.25. The second kappa shape index (κ2) is 6.20. The van der Waals surface area contributed by atoms with Gasteiger partial charge in [-0.15, -0.1) is 0 Å². The molecule has 0 amide bonds. The van der Waals surface area contributed by atoms with Crippen LogP contribution in [0.3, 0.4) is 0 Å². The molecule has 0 saturated heterocycles. The van der Waals surface area contributed by atoms with E-state index in [1.54, 1.807) is 0 Å². The van der Waals surface area contributed by atoms with Crippen molar-refractivity contribution in [2.45, 2.75) is 52.0 Å². The summed E-state index contributed by atoms with van der Waals surface area (Å²) in [7, 11) is 0. The Kier molecular flexibility index (Phi) is 4.61. The minimum absolute atomic E-state index is 0.483. The normalized spacial score (nSPS) is 19.2. The fourth-order valence-corrected chi connectivity index (χ4v) is 2.79. The molecule has 0 bridgehead atoms. The van der Waals surface area contributed by atoms with Crippen LogP contribution in [-0.2, 0) is 0 Å². The molecule has 1 aliphatic carbocycles. The lowest BCUT2D eigenvalue weighted by Gasteiger charge is -2.24. The third-order valence-electron chi connectivity index (χ3n) is 3.98. The van der Waals surface area contributed by atoms with Gasteiger partial charge in [-0.1, -0.05) is 49.1 Å². The predicted octanol–water partition coefficient (Wildman–Crippen LogP) is 4.23. The molecule has 0 aliphatic heterocycles. The summed E-state index contributed by atoms with van der Waals surface area (Å²) >= 11 is 0. The van der Waals surface area contributed by atoms with E-state index in [9.17, 15) is 0 Å². The van der Waals surface area contributed by atoms with E-state index in [2.05, 4.69) is 43.4 Å². The molecule has 1 aliphatic rings. The lowest BCUT2D eigenvalue weighted by molar-refractivity contribution is 0.331. The van der Waals surface area contributed by atoms with Crippen LogP contribution in [0.15, 0.2) is 24.3 Å². The van der Waals surface area contributed by atoms with E-state index in [1.165, 1.54) is 49.8 Å². The van der Waals surface area contributed by atoms with Crippen LogP contribution in [-0.4, -0.2) is 6.54 Å². The molecule has 1 nitrogen and oxygen atoms in total. The SMILES string of the molecule is Cc1cccc([C@H](C)NCC2CCCCC2)c1. The van der Waals surface area contributed by atoms with Gasteiger partial charge in [0.25, 0.3) is 0 Å². The maximum absolute atomic E-state index is 3.70. The third-order valence-corrected chi connectivity index (χ3v) is 3.98. The van der Waals surface area contributed by atoms with Crippen molar-refractivity contribution in [1.82, 2.24) is 5.32 Å². The lowest BCUT2D eigenvalue weighted by Crippen LogP contribution is -2.27. The first-order valence-electron chi connectivity index (χ1n) is 7.05. The van der Waals surface area contributed by atoms with Crippen molar-refractivity contribution < 1.29 is 0 Å². The highest BCUT2D eigenvalue weighted by molar-refractivity contribution is 5.24. The molecular weight excluding hydrogens is 206 g/mol. The Morgan fingerprint density at radius 3 is 2.71 bits per heavy atom. The van der Waals surface area contributed by atoms with Gasteiger partial charge >= 0.3 is 0 Å². The van der Waals surface area contributed by atoms with Gasteiger partial charge in [-0.25, -0.2) is 0 Å². The molecule has 0 radical (unpaired) electrons. The Labute approximate surface area is 106 Å².